The quantitative estimate of drug-likeness (QED) is 0.362. The van der Waals surface area contributed by atoms with Gasteiger partial charge in [-0.25, -0.2) is 4.98 Å². The van der Waals surface area contributed by atoms with Crippen molar-refractivity contribution in [1.82, 2.24) is 14.9 Å². The number of hydrogen-bond donors (Lipinski definition) is 2. The third kappa shape index (κ3) is 5.11. The van der Waals surface area contributed by atoms with E-state index in [0.717, 1.165) is 61.8 Å². The Kier molecular flexibility index (Phi) is 6.66. The molecule has 0 radical (unpaired) electrons. The molecule has 0 atom stereocenters. The zero-order valence-corrected chi connectivity index (χ0v) is 22.6. The van der Waals surface area contributed by atoms with Gasteiger partial charge in [0.1, 0.15) is 5.76 Å². The highest BCUT2D eigenvalue weighted by Crippen LogP contribution is 2.41. The highest BCUT2D eigenvalue weighted by atomic mass is 16.4. The maximum atomic E-state index is 8.35. The van der Waals surface area contributed by atoms with Gasteiger partial charge in [0.2, 0.25) is 5.89 Å². The van der Waals surface area contributed by atoms with Crippen molar-refractivity contribution in [2.75, 3.05) is 13.1 Å². The van der Waals surface area contributed by atoms with Crippen molar-refractivity contribution in [3.8, 4) is 0 Å². The summed E-state index contributed by atoms with van der Waals surface area (Å²) in [7, 11) is 0. The van der Waals surface area contributed by atoms with Crippen molar-refractivity contribution in [3.05, 3.63) is 70.6 Å². The van der Waals surface area contributed by atoms with E-state index in [1.54, 1.807) is 0 Å². The van der Waals surface area contributed by atoms with Crippen LogP contribution in [0.3, 0.4) is 0 Å². The van der Waals surface area contributed by atoms with E-state index in [0.29, 0.717) is 17.8 Å². The predicted molar refractivity (Wildman–Crippen MR) is 151 cm³/mol. The number of aromatic nitrogens is 2. The second kappa shape index (κ2) is 10.1. The first-order chi connectivity index (χ1) is 18.0. The molecule has 0 unspecified atom stereocenters. The third-order valence-electron chi connectivity index (χ3n) is 8.54. The second-order valence-electron chi connectivity index (χ2n) is 11.7. The van der Waals surface area contributed by atoms with E-state index < -0.39 is 0 Å². The summed E-state index contributed by atoms with van der Waals surface area (Å²) in [4.78, 5) is 10.8. The van der Waals surface area contributed by atoms with E-state index in [9.17, 15) is 0 Å². The summed E-state index contributed by atoms with van der Waals surface area (Å²) < 4.78 is 6.01. The van der Waals surface area contributed by atoms with Crippen molar-refractivity contribution in [2.45, 2.75) is 90.0 Å². The second-order valence-corrected chi connectivity index (χ2v) is 11.7. The van der Waals surface area contributed by atoms with Crippen LogP contribution < -0.4 is 0 Å². The normalized spacial score (nSPS) is 23.1. The van der Waals surface area contributed by atoms with Crippen LogP contribution in [0.15, 0.2) is 46.5 Å². The van der Waals surface area contributed by atoms with Gasteiger partial charge in [-0.05, 0) is 117 Å². The lowest BCUT2D eigenvalue weighted by Crippen LogP contribution is -2.32. The van der Waals surface area contributed by atoms with Crippen LogP contribution in [0.25, 0.3) is 16.5 Å². The number of nitrogens with one attached hydrogen (secondary N) is 2. The van der Waals surface area contributed by atoms with Gasteiger partial charge < -0.3 is 14.8 Å². The molecule has 1 aliphatic heterocycles. The largest absolute Gasteiger partial charge is 0.444 e. The summed E-state index contributed by atoms with van der Waals surface area (Å²) in [6.45, 7) is 9.69. The molecule has 6 rings (SSSR count). The Morgan fingerprint density at radius 1 is 1.14 bits per heavy atom. The number of hydrogen-bond acceptors (Lipinski definition) is 4. The zero-order valence-electron chi connectivity index (χ0n) is 22.6. The molecule has 2 fully saturated rings. The first-order valence-electron chi connectivity index (χ1n) is 14.3. The Morgan fingerprint density at radius 2 is 1.95 bits per heavy atom. The molecule has 1 aromatic carbocycles. The molecule has 2 aromatic heterocycles. The fourth-order valence-electron chi connectivity index (χ4n) is 6.17. The molecule has 0 amide bonds. The van der Waals surface area contributed by atoms with Gasteiger partial charge in [-0.3, -0.25) is 4.90 Å². The van der Waals surface area contributed by atoms with Gasteiger partial charge in [0.25, 0.3) is 0 Å². The van der Waals surface area contributed by atoms with E-state index >= 15 is 0 Å². The molecule has 3 aliphatic rings. The van der Waals surface area contributed by atoms with Crippen molar-refractivity contribution < 1.29 is 4.42 Å². The summed E-state index contributed by atoms with van der Waals surface area (Å²) in [5, 5.41) is 9.71. The molecule has 2 aliphatic carbocycles. The minimum absolute atomic E-state index is 0.418. The molecular formula is C32H40N4O. The lowest BCUT2D eigenvalue weighted by atomic mass is 9.87. The Morgan fingerprint density at radius 3 is 2.70 bits per heavy atom. The zero-order chi connectivity index (χ0) is 25.5. The molecule has 0 spiro atoms. The number of rotatable bonds is 6. The molecule has 194 valence electrons. The fourth-order valence-corrected chi connectivity index (χ4v) is 6.17. The van der Waals surface area contributed by atoms with Crippen LogP contribution >= 0.6 is 0 Å². The van der Waals surface area contributed by atoms with Gasteiger partial charge in [0.15, 0.2) is 0 Å². The smallest absolute Gasteiger partial charge is 0.208 e. The monoisotopic (exact) mass is 496 g/mol. The molecule has 2 N–H and O–H groups in total. The SMILES string of the molecule is C/C1=C/C(c2[nH]c3ccc(C4CCN(Cc5ncc(C6CC6)o5)CC4)cc3c2C(C)C)=C\CCCC1=N. The average Bonchev–Trinajstić information content (AvgIpc) is 3.51. The molecule has 0 bridgehead atoms. The molecule has 1 saturated heterocycles. The summed E-state index contributed by atoms with van der Waals surface area (Å²) in [5.74, 6) is 3.61. The van der Waals surface area contributed by atoms with E-state index in [2.05, 4.69) is 66.0 Å². The summed E-state index contributed by atoms with van der Waals surface area (Å²) in [6, 6.07) is 7.09. The number of H-pyrrole nitrogens is 1. The Labute approximate surface area is 220 Å². The van der Waals surface area contributed by atoms with E-state index in [-0.39, 0.29) is 0 Å². The van der Waals surface area contributed by atoms with Gasteiger partial charge in [0, 0.05) is 28.2 Å². The van der Waals surface area contributed by atoms with Crippen molar-refractivity contribution >= 4 is 22.2 Å². The van der Waals surface area contributed by atoms with Gasteiger partial charge in [-0.1, -0.05) is 26.0 Å². The standard InChI is InChI=1S/C32H40N4O/c1-20(2)31-26-17-24(10-11-28(26)35-32(31)25-6-4-5-7-27(33)21(3)16-25)22-12-14-36(15-13-22)19-30-34-18-29(37-30)23-8-9-23/h6,10-11,16-18,20,22-23,33,35H,4-5,7-9,12-15,19H2,1-3H3/b21-16-,25-6+,33-27?. The van der Waals surface area contributed by atoms with Crippen LogP contribution in [0.1, 0.15) is 112 Å². The van der Waals surface area contributed by atoms with Crippen LogP contribution in [0.5, 0.6) is 0 Å². The first kappa shape index (κ1) is 24.4. The number of likely N-dealkylation sites (tertiary alicyclic amines) is 1. The summed E-state index contributed by atoms with van der Waals surface area (Å²) in [5.41, 5.74) is 8.43. The van der Waals surface area contributed by atoms with E-state index in [4.69, 9.17) is 9.83 Å². The number of piperidine rings is 1. The molecule has 3 aromatic rings. The number of nitrogens with zero attached hydrogens (tertiary/aromatic N) is 2. The van der Waals surface area contributed by atoms with E-state index in [1.165, 1.54) is 59.0 Å². The minimum atomic E-state index is 0.418. The number of benzene rings is 1. The van der Waals surface area contributed by atoms with Crippen LogP contribution in [0.4, 0.5) is 0 Å². The minimum Gasteiger partial charge on any atom is -0.444 e. The first-order valence-corrected chi connectivity index (χ1v) is 14.3. The van der Waals surface area contributed by atoms with Gasteiger partial charge in [-0.2, -0.15) is 0 Å². The molecular weight excluding hydrogens is 456 g/mol. The lowest BCUT2D eigenvalue weighted by Gasteiger charge is -2.31. The van der Waals surface area contributed by atoms with Crippen molar-refractivity contribution in [3.63, 3.8) is 0 Å². The van der Waals surface area contributed by atoms with Crippen LogP contribution in [0, 0.1) is 5.41 Å². The average molecular weight is 497 g/mol. The maximum absolute atomic E-state index is 8.35. The Hall–Kier alpha value is -2.92. The van der Waals surface area contributed by atoms with Gasteiger partial charge in [-0.15, -0.1) is 0 Å². The summed E-state index contributed by atoms with van der Waals surface area (Å²) in [6.07, 6.45) is 14.3. The van der Waals surface area contributed by atoms with Crippen LogP contribution in [-0.4, -0.2) is 33.7 Å². The lowest BCUT2D eigenvalue weighted by molar-refractivity contribution is 0.186. The maximum Gasteiger partial charge on any atom is 0.208 e. The van der Waals surface area contributed by atoms with Crippen molar-refractivity contribution in [2.24, 2.45) is 0 Å². The molecule has 3 heterocycles. The Bertz CT molecular complexity index is 1360. The van der Waals surface area contributed by atoms with Crippen LogP contribution in [-0.2, 0) is 6.54 Å². The molecule has 5 nitrogen and oxygen atoms in total. The predicted octanol–water partition coefficient (Wildman–Crippen LogP) is 8.07. The van der Waals surface area contributed by atoms with Crippen molar-refractivity contribution in [1.29, 1.82) is 5.41 Å². The highest BCUT2D eigenvalue weighted by Gasteiger charge is 2.28. The van der Waals surface area contributed by atoms with Crippen LogP contribution in [0.2, 0.25) is 0 Å². The van der Waals surface area contributed by atoms with Gasteiger partial charge >= 0.3 is 0 Å². The van der Waals surface area contributed by atoms with E-state index in [1.807, 2.05) is 6.20 Å². The third-order valence-corrected chi connectivity index (χ3v) is 8.54. The number of oxazole rings is 1. The number of fused-ring (bicyclic) bond motifs is 1. The highest BCUT2D eigenvalue weighted by molar-refractivity contribution is 6.01. The molecule has 5 heteroatoms. The molecule has 1 saturated carbocycles. The molecule has 37 heavy (non-hydrogen) atoms. The number of aromatic amines is 1. The van der Waals surface area contributed by atoms with Gasteiger partial charge in [0.05, 0.1) is 12.7 Å². The fraction of sp³-hybridized carbons (Fsp3) is 0.500. The topological polar surface area (TPSA) is 68.9 Å². The number of allylic oxidation sites excluding steroid dienone is 4. The Balaban J connectivity index is 1.21. The summed E-state index contributed by atoms with van der Waals surface area (Å²) >= 11 is 0.